The molecule has 4 nitrogen and oxygen atoms in total. The van der Waals surface area contributed by atoms with Gasteiger partial charge in [0.15, 0.2) is 11.5 Å². The Morgan fingerprint density at radius 2 is 1.50 bits per heavy atom. The Balaban J connectivity index is 2.51. The van der Waals surface area contributed by atoms with E-state index in [1.807, 2.05) is 24.3 Å². The third-order valence-electron chi connectivity index (χ3n) is 2.99. The van der Waals surface area contributed by atoms with Gasteiger partial charge in [-0.05, 0) is 35.9 Å². The van der Waals surface area contributed by atoms with Crippen LogP contribution in [-0.2, 0) is 0 Å². The van der Waals surface area contributed by atoms with Crippen LogP contribution in [0.3, 0.4) is 0 Å². The van der Waals surface area contributed by atoms with Gasteiger partial charge in [-0.25, -0.2) is 0 Å². The van der Waals surface area contributed by atoms with Crippen LogP contribution < -0.4 is 14.2 Å². The molecule has 0 saturated carbocycles. The van der Waals surface area contributed by atoms with Gasteiger partial charge in [0.05, 0.1) is 31.8 Å². The molecule has 0 amide bonds. The monoisotopic (exact) mass is 338 g/mol. The van der Waals surface area contributed by atoms with Gasteiger partial charge in [-0.3, -0.25) is 4.79 Å². The van der Waals surface area contributed by atoms with Crippen LogP contribution in [0.4, 0.5) is 0 Å². The summed E-state index contributed by atoms with van der Waals surface area (Å²) in [5.74, 6) is 1.70. The third kappa shape index (κ3) is 3.48. The van der Waals surface area contributed by atoms with Crippen LogP contribution in [0.1, 0.15) is 10.4 Å². The topological polar surface area (TPSA) is 44.8 Å². The fraction of sp³-hybridized carbons (Fsp3) is 0.188. The highest BCUT2D eigenvalue weighted by atomic mass is 35.5. The minimum atomic E-state index is -0.557. The van der Waals surface area contributed by atoms with Gasteiger partial charge in [0, 0.05) is 4.90 Å². The van der Waals surface area contributed by atoms with E-state index in [4.69, 9.17) is 25.8 Å². The predicted molar refractivity (Wildman–Crippen MR) is 86.8 cm³/mol. The molecule has 2 aromatic carbocycles. The minimum absolute atomic E-state index is 0.357. The van der Waals surface area contributed by atoms with Crippen molar-refractivity contribution in [1.29, 1.82) is 0 Å². The molecule has 0 aliphatic heterocycles. The van der Waals surface area contributed by atoms with Gasteiger partial charge >= 0.3 is 0 Å². The SMILES string of the molecule is COc1cc(Sc2ccccc2OC)c(C(=O)Cl)cc1OC. The summed E-state index contributed by atoms with van der Waals surface area (Å²) in [7, 11) is 4.65. The van der Waals surface area contributed by atoms with Crippen LogP contribution >= 0.6 is 23.4 Å². The Bertz CT molecular complexity index is 688. The summed E-state index contributed by atoms with van der Waals surface area (Å²) in [5, 5.41) is -0.557. The van der Waals surface area contributed by atoms with Crippen molar-refractivity contribution >= 4 is 28.6 Å². The molecule has 0 aliphatic carbocycles. The molecule has 0 atom stereocenters. The summed E-state index contributed by atoms with van der Waals surface area (Å²) >= 11 is 7.07. The van der Waals surface area contributed by atoms with Gasteiger partial charge in [-0.15, -0.1) is 0 Å². The largest absolute Gasteiger partial charge is 0.496 e. The van der Waals surface area contributed by atoms with Crippen molar-refractivity contribution in [3.05, 3.63) is 42.0 Å². The van der Waals surface area contributed by atoms with E-state index in [1.165, 1.54) is 26.0 Å². The second-order valence-corrected chi connectivity index (χ2v) is 5.66. The molecule has 0 heterocycles. The van der Waals surface area contributed by atoms with Gasteiger partial charge in [0.2, 0.25) is 0 Å². The van der Waals surface area contributed by atoms with Gasteiger partial charge in [-0.2, -0.15) is 0 Å². The van der Waals surface area contributed by atoms with Gasteiger partial charge in [0.25, 0.3) is 5.24 Å². The fourth-order valence-electron chi connectivity index (χ4n) is 1.92. The summed E-state index contributed by atoms with van der Waals surface area (Å²) in [6.07, 6.45) is 0. The van der Waals surface area contributed by atoms with E-state index >= 15 is 0 Å². The second-order valence-electron chi connectivity index (χ2n) is 4.23. The van der Waals surface area contributed by atoms with Crippen molar-refractivity contribution in [1.82, 2.24) is 0 Å². The van der Waals surface area contributed by atoms with Crippen LogP contribution in [0.15, 0.2) is 46.2 Å². The molecular weight excluding hydrogens is 324 g/mol. The first-order chi connectivity index (χ1) is 10.6. The lowest BCUT2D eigenvalue weighted by atomic mass is 10.2. The second kappa shape index (κ2) is 7.42. The number of ether oxygens (including phenoxy) is 3. The van der Waals surface area contributed by atoms with E-state index in [9.17, 15) is 4.79 Å². The molecule has 0 N–H and O–H groups in total. The third-order valence-corrected chi connectivity index (χ3v) is 4.30. The molecule has 116 valence electrons. The van der Waals surface area contributed by atoms with Gasteiger partial charge in [-0.1, -0.05) is 23.9 Å². The number of methoxy groups -OCH3 is 3. The molecule has 6 heteroatoms. The summed E-state index contributed by atoms with van der Waals surface area (Å²) in [6.45, 7) is 0. The first-order valence-electron chi connectivity index (χ1n) is 6.37. The van der Waals surface area contributed by atoms with Crippen LogP contribution in [0, 0.1) is 0 Å². The zero-order chi connectivity index (χ0) is 16.1. The zero-order valence-electron chi connectivity index (χ0n) is 12.4. The summed E-state index contributed by atoms with van der Waals surface area (Å²) in [5.41, 5.74) is 0.357. The Labute approximate surface area is 138 Å². The number of hydrogen-bond acceptors (Lipinski definition) is 5. The smallest absolute Gasteiger partial charge is 0.253 e. The quantitative estimate of drug-likeness (QED) is 0.737. The maximum atomic E-state index is 11.7. The van der Waals surface area contributed by atoms with Crippen molar-refractivity contribution in [3.63, 3.8) is 0 Å². The molecule has 2 aromatic rings. The standard InChI is InChI=1S/C16H15ClO4S/c1-19-11-6-4-5-7-14(11)22-15-9-13(21-3)12(20-2)8-10(15)16(17)18/h4-9H,1-3H3. The molecule has 2 rings (SSSR count). The van der Waals surface area contributed by atoms with Crippen molar-refractivity contribution in [2.24, 2.45) is 0 Å². The zero-order valence-corrected chi connectivity index (χ0v) is 14.0. The van der Waals surface area contributed by atoms with Crippen molar-refractivity contribution < 1.29 is 19.0 Å². The Morgan fingerprint density at radius 1 is 0.909 bits per heavy atom. The predicted octanol–water partition coefficient (Wildman–Crippen LogP) is 4.24. The summed E-state index contributed by atoms with van der Waals surface area (Å²) in [6, 6.07) is 10.8. The van der Waals surface area contributed by atoms with E-state index in [0.717, 1.165) is 10.6 Å². The normalized spacial score (nSPS) is 10.2. The highest BCUT2D eigenvalue weighted by molar-refractivity contribution is 7.99. The number of rotatable bonds is 6. The first-order valence-corrected chi connectivity index (χ1v) is 7.56. The van der Waals surface area contributed by atoms with Gasteiger partial charge < -0.3 is 14.2 Å². The highest BCUT2D eigenvalue weighted by Gasteiger charge is 2.17. The molecule has 22 heavy (non-hydrogen) atoms. The molecule has 0 spiro atoms. The lowest BCUT2D eigenvalue weighted by Gasteiger charge is -2.13. The number of benzene rings is 2. The van der Waals surface area contributed by atoms with Crippen molar-refractivity contribution in [2.75, 3.05) is 21.3 Å². The van der Waals surface area contributed by atoms with E-state index in [0.29, 0.717) is 22.0 Å². The molecule has 0 aromatic heterocycles. The Hall–Kier alpha value is -1.85. The van der Waals surface area contributed by atoms with Crippen molar-refractivity contribution in [3.8, 4) is 17.2 Å². The summed E-state index contributed by atoms with van der Waals surface area (Å²) < 4.78 is 15.8. The van der Waals surface area contributed by atoms with E-state index in [-0.39, 0.29) is 0 Å². The lowest BCUT2D eigenvalue weighted by Crippen LogP contribution is -1.98. The van der Waals surface area contributed by atoms with E-state index in [2.05, 4.69) is 0 Å². The molecule has 0 aliphatic rings. The van der Waals surface area contributed by atoms with Crippen LogP contribution in [-0.4, -0.2) is 26.6 Å². The fourth-order valence-corrected chi connectivity index (χ4v) is 3.20. The maximum Gasteiger partial charge on any atom is 0.253 e. The highest BCUT2D eigenvalue weighted by Crippen LogP contribution is 2.41. The first kappa shape index (κ1) is 16.5. The van der Waals surface area contributed by atoms with Gasteiger partial charge in [0.1, 0.15) is 5.75 Å². The van der Waals surface area contributed by atoms with E-state index in [1.54, 1.807) is 19.2 Å². The lowest BCUT2D eigenvalue weighted by molar-refractivity contribution is 0.107. The molecule has 0 fully saturated rings. The average molecular weight is 339 g/mol. The number of halogens is 1. The number of para-hydroxylation sites is 1. The number of carbonyl (C=O) groups excluding carboxylic acids is 1. The molecule has 0 bridgehead atoms. The molecule has 0 radical (unpaired) electrons. The molecular formula is C16H15ClO4S. The number of hydrogen-bond donors (Lipinski definition) is 0. The van der Waals surface area contributed by atoms with Crippen molar-refractivity contribution in [2.45, 2.75) is 9.79 Å². The average Bonchev–Trinajstić information content (AvgIpc) is 2.54. The molecule has 0 unspecified atom stereocenters. The summed E-state index contributed by atoms with van der Waals surface area (Å²) in [4.78, 5) is 13.2. The van der Waals surface area contributed by atoms with Crippen LogP contribution in [0.2, 0.25) is 0 Å². The minimum Gasteiger partial charge on any atom is -0.496 e. The Morgan fingerprint density at radius 3 is 2.09 bits per heavy atom. The van der Waals surface area contributed by atoms with Crippen LogP contribution in [0.25, 0.3) is 0 Å². The Kier molecular flexibility index (Phi) is 5.57. The maximum absolute atomic E-state index is 11.7. The molecule has 0 saturated heterocycles. The van der Waals surface area contributed by atoms with E-state index < -0.39 is 5.24 Å². The van der Waals surface area contributed by atoms with Crippen LogP contribution in [0.5, 0.6) is 17.2 Å². The number of carbonyl (C=O) groups is 1.